The molecule has 29 heavy (non-hydrogen) atoms. The first-order valence-corrected chi connectivity index (χ1v) is 10.2. The zero-order valence-corrected chi connectivity index (χ0v) is 16.5. The normalized spacial score (nSPS) is 20.1. The van der Waals surface area contributed by atoms with E-state index in [1.165, 1.54) is 5.56 Å². The minimum Gasteiger partial charge on any atom is -0.379 e. The number of rotatable bonds is 6. The lowest BCUT2D eigenvalue weighted by molar-refractivity contribution is -0.128. The SMILES string of the molecule is O=C(Nc1ccc(CN2CCOCC2)cc1)C1CC(=O)N(Cc2ccccc2)C1. The Morgan fingerprint density at radius 1 is 0.966 bits per heavy atom. The van der Waals surface area contributed by atoms with Gasteiger partial charge in [0.2, 0.25) is 11.8 Å². The molecule has 0 bridgehead atoms. The van der Waals surface area contributed by atoms with Crippen molar-refractivity contribution in [2.24, 2.45) is 5.92 Å². The molecule has 0 aromatic heterocycles. The Labute approximate surface area is 171 Å². The van der Waals surface area contributed by atoms with Gasteiger partial charge in [0.15, 0.2) is 0 Å². The molecule has 2 fully saturated rings. The Bertz CT molecular complexity index is 832. The van der Waals surface area contributed by atoms with E-state index in [0.717, 1.165) is 44.1 Å². The zero-order valence-electron chi connectivity index (χ0n) is 16.5. The molecular weight excluding hydrogens is 366 g/mol. The van der Waals surface area contributed by atoms with Crippen molar-refractivity contribution in [3.05, 3.63) is 65.7 Å². The number of amides is 2. The van der Waals surface area contributed by atoms with E-state index >= 15 is 0 Å². The molecule has 0 spiro atoms. The largest absolute Gasteiger partial charge is 0.379 e. The number of carbonyl (C=O) groups excluding carboxylic acids is 2. The Hall–Kier alpha value is -2.70. The molecule has 2 aromatic carbocycles. The van der Waals surface area contributed by atoms with Crippen molar-refractivity contribution in [2.75, 3.05) is 38.2 Å². The molecule has 152 valence electrons. The smallest absolute Gasteiger partial charge is 0.229 e. The van der Waals surface area contributed by atoms with Gasteiger partial charge in [-0.2, -0.15) is 0 Å². The number of benzene rings is 2. The maximum atomic E-state index is 12.6. The van der Waals surface area contributed by atoms with Gasteiger partial charge in [-0.15, -0.1) is 0 Å². The van der Waals surface area contributed by atoms with E-state index in [1.54, 1.807) is 4.90 Å². The van der Waals surface area contributed by atoms with Gasteiger partial charge in [-0.3, -0.25) is 14.5 Å². The van der Waals surface area contributed by atoms with Crippen LogP contribution in [0, 0.1) is 5.92 Å². The van der Waals surface area contributed by atoms with Gasteiger partial charge in [-0.1, -0.05) is 42.5 Å². The summed E-state index contributed by atoms with van der Waals surface area (Å²) >= 11 is 0. The lowest BCUT2D eigenvalue weighted by Gasteiger charge is -2.26. The number of hydrogen-bond acceptors (Lipinski definition) is 4. The number of ether oxygens (including phenoxy) is 1. The fraction of sp³-hybridized carbons (Fsp3) is 0.391. The summed E-state index contributed by atoms with van der Waals surface area (Å²) in [5.74, 6) is -0.357. The summed E-state index contributed by atoms with van der Waals surface area (Å²) in [4.78, 5) is 29.1. The van der Waals surface area contributed by atoms with E-state index < -0.39 is 0 Å². The second-order valence-electron chi connectivity index (χ2n) is 7.74. The Morgan fingerprint density at radius 2 is 1.66 bits per heavy atom. The molecule has 1 atom stereocenters. The number of morpholine rings is 1. The lowest BCUT2D eigenvalue weighted by Crippen LogP contribution is -2.35. The summed E-state index contributed by atoms with van der Waals surface area (Å²) < 4.78 is 5.38. The van der Waals surface area contributed by atoms with Gasteiger partial charge in [0, 0.05) is 44.8 Å². The minimum absolute atomic E-state index is 0.0369. The molecule has 0 saturated carbocycles. The first kappa shape index (κ1) is 19.6. The summed E-state index contributed by atoms with van der Waals surface area (Å²) in [6.45, 7) is 5.39. The van der Waals surface area contributed by atoms with Gasteiger partial charge in [-0.25, -0.2) is 0 Å². The molecule has 0 radical (unpaired) electrons. The van der Waals surface area contributed by atoms with Crippen LogP contribution in [0.5, 0.6) is 0 Å². The number of hydrogen-bond donors (Lipinski definition) is 1. The Balaban J connectivity index is 1.29. The fourth-order valence-corrected chi connectivity index (χ4v) is 3.86. The zero-order chi connectivity index (χ0) is 20.1. The van der Waals surface area contributed by atoms with Crippen LogP contribution in [0.25, 0.3) is 0 Å². The highest BCUT2D eigenvalue weighted by molar-refractivity contribution is 5.97. The van der Waals surface area contributed by atoms with E-state index in [2.05, 4.69) is 10.2 Å². The van der Waals surface area contributed by atoms with Crippen LogP contribution >= 0.6 is 0 Å². The van der Waals surface area contributed by atoms with Crippen LogP contribution in [0.2, 0.25) is 0 Å². The van der Waals surface area contributed by atoms with Crippen LogP contribution in [0.4, 0.5) is 5.69 Å². The Kier molecular flexibility index (Phi) is 6.22. The van der Waals surface area contributed by atoms with E-state index in [0.29, 0.717) is 13.1 Å². The van der Waals surface area contributed by atoms with Crippen LogP contribution < -0.4 is 5.32 Å². The average molecular weight is 393 g/mol. The van der Waals surface area contributed by atoms with E-state index in [9.17, 15) is 9.59 Å². The lowest BCUT2D eigenvalue weighted by atomic mass is 10.1. The summed E-state index contributed by atoms with van der Waals surface area (Å²) in [7, 11) is 0. The van der Waals surface area contributed by atoms with Crippen LogP contribution in [-0.4, -0.2) is 54.5 Å². The number of nitrogens with one attached hydrogen (secondary N) is 1. The summed E-state index contributed by atoms with van der Waals surface area (Å²) in [6, 6.07) is 17.8. The predicted molar refractivity (Wildman–Crippen MR) is 111 cm³/mol. The summed E-state index contributed by atoms with van der Waals surface area (Å²) in [5.41, 5.74) is 3.07. The maximum absolute atomic E-state index is 12.6. The highest BCUT2D eigenvalue weighted by Crippen LogP contribution is 2.22. The van der Waals surface area contributed by atoms with Gasteiger partial charge in [0.1, 0.15) is 0 Å². The molecule has 6 nitrogen and oxygen atoms in total. The van der Waals surface area contributed by atoms with Gasteiger partial charge < -0.3 is 15.0 Å². The van der Waals surface area contributed by atoms with Crippen LogP contribution in [0.15, 0.2) is 54.6 Å². The number of anilines is 1. The quantitative estimate of drug-likeness (QED) is 0.819. The summed E-state index contributed by atoms with van der Waals surface area (Å²) in [6.07, 6.45) is 0.272. The minimum atomic E-state index is -0.306. The predicted octanol–water partition coefficient (Wildman–Crippen LogP) is 2.51. The topological polar surface area (TPSA) is 61.9 Å². The van der Waals surface area contributed by atoms with Crippen molar-refractivity contribution >= 4 is 17.5 Å². The third-order valence-corrected chi connectivity index (χ3v) is 5.53. The first-order chi connectivity index (χ1) is 14.2. The molecule has 6 heteroatoms. The number of nitrogens with zero attached hydrogens (tertiary/aromatic N) is 2. The third-order valence-electron chi connectivity index (χ3n) is 5.53. The summed E-state index contributed by atoms with van der Waals surface area (Å²) in [5, 5.41) is 2.97. The third kappa shape index (κ3) is 5.22. The monoisotopic (exact) mass is 393 g/mol. The molecule has 1 unspecified atom stereocenters. The molecule has 2 saturated heterocycles. The standard InChI is InChI=1S/C23H27N3O3/c27-22-14-20(17-26(22)16-18-4-2-1-3-5-18)23(28)24-21-8-6-19(7-9-21)15-25-10-12-29-13-11-25/h1-9,20H,10-17H2,(H,24,28). The van der Waals surface area contributed by atoms with Crippen molar-refractivity contribution in [3.63, 3.8) is 0 Å². The molecule has 0 aliphatic carbocycles. The van der Waals surface area contributed by atoms with Gasteiger partial charge in [-0.05, 0) is 23.3 Å². The molecule has 2 amide bonds. The second-order valence-corrected chi connectivity index (χ2v) is 7.74. The molecular formula is C23H27N3O3. The van der Waals surface area contributed by atoms with Gasteiger partial charge in [0.05, 0.1) is 19.1 Å². The second kappa shape index (κ2) is 9.20. The molecule has 2 heterocycles. The molecule has 2 aliphatic heterocycles. The number of likely N-dealkylation sites (tertiary alicyclic amines) is 1. The van der Waals surface area contributed by atoms with Crippen LogP contribution in [0.3, 0.4) is 0 Å². The number of carbonyl (C=O) groups is 2. The van der Waals surface area contributed by atoms with Crippen molar-refractivity contribution in [3.8, 4) is 0 Å². The van der Waals surface area contributed by atoms with E-state index in [-0.39, 0.29) is 24.2 Å². The van der Waals surface area contributed by atoms with Crippen molar-refractivity contribution in [1.82, 2.24) is 9.80 Å². The molecule has 2 aromatic rings. The van der Waals surface area contributed by atoms with Crippen LogP contribution in [-0.2, 0) is 27.4 Å². The van der Waals surface area contributed by atoms with E-state index in [1.807, 2.05) is 54.6 Å². The van der Waals surface area contributed by atoms with Crippen molar-refractivity contribution < 1.29 is 14.3 Å². The van der Waals surface area contributed by atoms with E-state index in [4.69, 9.17) is 4.74 Å². The van der Waals surface area contributed by atoms with Gasteiger partial charge >= 0.3 is 0 Å². The van der Waals surface area contributed by atoms with Gasteiger partial charge in [0.25, 0.3) is 0 Å². The van der Waals surface area contributed by atoms with Crippen molar-refractivity contribution in [2.45, 2.75) is 19.5 Å². The van der Waals surface area contributed by atoms with Crippen molar-refractivity contribution in [1.29, 1.82) is 0 Å². The highest BCUT2D eigenvalue weighted by atomic mass is 16.5. The first-order valence-electron chi connectivity index (χ1n) is 10.2. The molecule has 2 aliphatic rings. The fourth-order valence-electron chi connectivity index (χ4n) is 3.86. The maximum Gasteiger partial charge on any atom is 0.229 e. The Morgan fingerprint density at radius 3 is 2.38 bits per heavy atom. The highest BCUT2D eigenvalue weighted by Gasteiger charge is 2.34. The van der Waals surface area contributed by atoms with Crippen LogP contribution in [0.1, 0.15) is 17.5 Å². The average Bonchev–Trinajstić information content (AvgIpc) is 3.11. The molecule has 4 rings (SSSR count). The molecule has 1 N–H and O–H groups in total.